The number of nitrogens with zero attached hydrogens (tertiary/aromatic N) is 2. The van der Waals surface area contributed by atoms with E-state index in [0.717, 1.165) is 0 Å². The molecule has 8 N–H and O–H groups in total. The maximum atomic E-state index is 14.7. The van der Waals surface area contributed by atoms with Gasteiger partial charge in [0.1, 0.15) is 47.0 Å². The molecule has 2 aromatic carbocycles. The zero-order chi connectivity index (χ0) is 66.5. The number of hydrogen-bond acceptors (Lipinski definition) is 12. The first-order valence-electron chi connectivity index (χ1n) is 29.9. The molecule has 8 amide bonds. The highest BCUT2D eigenvalue weighted by Gasteiger charge is 2.44. The number of H-pyrrole nitrogens is 2. The number of hydrogen-bond donors (Lipinski definition) is 8. The maximum absolute atomic E-state index is 14.7. The number of amides is 8. The van der Waals surface area contributed by atoms with Gasteiger partial charge >= 0.3 is 12.2 Å². The van der Waals surface area contributed by atoms with Gasteiger partial charge < -0.3 is 61.1 Å². The van der Waals surface area contributed by atoms with Crippen LogP contribution in [0.15, 0.2) is 70.3 Å². The second kappa shape index (κ2) is 29.8. The average Bonchev–Trinajstić information content (AvgIpc) is 1.64. The minimum absolute atomic E-state index is 0.102. The molecule has 0 unspecified atom stereocenters. The van der Waals surface area contributed by atoms with E-state index in [1.165, 1.54) is 34.1 Å². The summed E-state index contributed by atoms with van der Waals surface area (Å²) in [6.07, 6.45) is -2.09. The predicted octanol–water partition coefficient (Wildman–Crippen LogP) is 5.85. The number of carbonyl (C=O) groups excluding carboxylic acids is 8. The molecule has 2 aliphatic heterocycles. The number of rotatable bonds is 22. The minimum Gasteiger partial charge on any atom is -0.444 e. The lowest BCUT2D eigenvalue weighted by atomic mass is 9.91. The zero-order valence-corrected chi connectivity index (χ0v) is 53.1. The Kier molecular flexibility index (Phi) is 23.1. The van der Waals surface area contributed by atoms with E-state index in [1.54, 1.807) is 91.8 Å². The summed E-state index contributed by atoms with van der Waals surface area (Å²) in [6.45, 7) is 20.6. The lowest BCUT2D eigenvalue weighted by Crippen LogP contribution is -2.55. The van der Waals surface area contributed by atoms with Crippen molar-refractivity contribution in [3.63, 3.8) is 0 Å². The number of aromatic nitrogens is 2. The monoisotopic (exact) mass is 1240 g/mol. The van der Waals surface area contributed by atoms with Crippen molar-refractivity contribution in [1.82, 2.24) is 41.9 Å². The number of alkyl carbamates (subject to hydrolysis) is 2. The van der Waals surface area contributed by atoms with Crippen LogP contribution in [0.1, 0.15) is 155 Å². The van der Waals surface area contributed by atoms with Gasteiger partial charge in [0, 0.05) is 72.1 Å². The Hall–Kier alpha value is -9.32. The van der Waals surface area contributed by atoms with Crippen molar-refractivity contribution >= 4 is 59.0 Å². The predicted molar refractivity (Wildman–Crippen MR) is 334 cm³/mol. The van der Waals surface area contributed by atoms with Gasteiger partial charge in [-0.05, 0) is 127 Å². The molecule has 90 heavy (non-hydrogen) atoms. The fourth-order valence-electron chi connectivity index (χ4n) is 10.2. The standard InChI is InChI=1S/C66H82F2N10O12/c1-13-45(73-61(87)89-63(3,4)5)57(83)71-47(59(85)77-37-65(9,10)53-49(77)35-41(55(81)75-53)33-39-19-23-43(67)24-20-39)27-29-51(79)69-31-17-15-16-18-32-70-52(80)30-28-48(72-58(84)46(14-2)74-62(88)90-64(6,7)8)60(86)78-38-66(11,12)54-50(78)36-42(56(82)76-54)34-40-21-25-44(68)26-22-40/h19-26,35-36,45-48H,13-14,27-34,37-38H2,1-12H3,(H,69,79)(H,70,80)(H,71,83)(H,72,84)(H,73,87)(H,74,88)(H,75,81)(H,76,82)/t45-,46-,47-,48-/m0/s1. The van der Waals surface area contributed by atoms with Gasteiger partial charge in [0.15, 0.2) is 0 Å². The molecule has 24 heteroatoms. The molecule has 4 atom stereocenters. The van der Waals surface area contributed by atoms with Crippen molar-refractivity contribution in [2.75, 3.05) is 36.0 Å². The van der Waals surface area contributed by atoms with Gasteiger partial charge in [-0.1, -0.05) is 77.6 Å². The fourth-order valence-corrected chi connectivity index (χ4v) is 10.2. The van der Waals surface area contributed by atoms with Crippen LogP contribution in [0, 0.1) is 35.3 Å². The van der Waals surface area contributed by atoms with E-state index in [0.29, 0.717) is 45.0 Å². The van der Waals surface area contributed by atoms with Crippen LogP contribution in [-0.2, 0) is 61.9 Å². The molecule has 0 bridgehead atoms. The number of nitrogens with one attached hydrogen (secondary N) is 8. The molecule has 22 nitrogen and oxygen atoms in total. The number of aromatic amines is 2. The zero-order valence-electron chi connectivity index (χ0n) is 53.1. The first-order chi connectivity index (χ1) is 42.2. The Bertz CT molecular complexity index is 3370. The molecule has 0 saturated heterocycles. The van der Waals surface area contributed by atoms with Gasteiger partial charge in [0.05, 0.1) is 24.5 Å². The molecule has 4 heterocycles. The molecule has 4 aromatic rings. The number of pyridine rings is 2. The van der Waals surface area contributed by atoms with Crippen molar-refractivity contribution in [2.24, 2.45) is 0 Å². The fraction of sp³-hybridized carbons (Fsp3) is 0.485. The van der Waals surface area contributed by atoms with Crippen molar-refractivity contribution in [2.45, 2.75) is 181 Å². The Morgan fingerprint density at radius 2 is 0.900 bits per heavy atom. The first-order valence-corrected chi connectivity index (χ1v) is 29.9. The lowest BCUT2D eigenvalue weighted by molar-refractivity contribution is -0.129. The third kappa shape index (κ3) is 19.6. The summed E-state index contributed by atoms with van der Waals surface area (Å²) in [7, 11) is 0. The normalized spacial score (nSPS) is 14.9. The summed E-state index contributed by atoms with van der Waals surface area (Å²) in [6, 6.07) is 9.72. The quantitative estimate of drug-likeness (QED) is 0.0430. The summed E-state index contributed by atoms with van der Waals surface area (Å²) in [5.74, 6) is 6.08. The molecule has 0 aliphatic carbocycles. The average molecular weight is 1250 g/mol. The van der Waals surface area contributed by atoms with Gasteiger partial charge in [-0.25, -0.2) is 18.4 Å². The highest BCUT2D eigenvalue weighted by Crippen LogP contribution is 2.41. The van der Waals surface area contributed by atoms with Crippen LogP contribution in [-0.4, -0.2) is 119 Å². The van der Waals surface area contributed by atoms with Crippen LogP contribution in [0.5, 0.6) is 0 Å². The molecule has 0 saturated carbocycles. The second-order valence-corrected chi connectivity index (χ2v) is 25.6. The van der Waals surface area contributed by atoms with Crippen LogP contribution in [0.2, 0.25) is 0 Å². The number of carbonyl (C=O) groups is 8. The van der Waals surface area contributed by atoms with Gasteiger partial charge in [-0.15, -0.1) is 0 Å². The molecule has 2 aliphatic rings. The van der Waals surface area contributed by atoms with E-state index >= 15 is 0 Å². The smallest absolute Gasteiger partial charge is 0.408 e. The molecule has 0 spiro atoms. The van der Waals surface area contributed by atoms with E-state index in [4.69, 9.17) is 9.47 Å². The molecular formula is C66H82F2N10O12. The molecule has 482 valence electrons. The van der Waals surface area contributed by atoms with E-state index in [2.05, 4.69) is 65.6 Å². The van der Waals surface area contributed by atoms with Crippen molar-refractivity contribution in [3.05, 3.63) is 127 Å². The summed E-state index contributed by atoms with van der Waals surface area (Å²) >= 11 is 0. The third-order valence-corrected chi connectivity index (χ3v) is 14.8. The molecule has 2 aromatic heterocycles. The van der Waals surface area contributed by atoms with E-state index in [1.807, 2.05) is 27.7 Å². The first kappa shape index (κ1) is 69.8. The van der Waals surface area contributed by atoms with Crippen molar-refractivity contribution in [3.8, 4) is 23.7 Å². The molecule has 0 fully saturated rings. The topological polar surface area (TPSA) is 299 Å². The maximum Gasteiger partial charge on any atom is 0.408 e. The van der Waals surface area contributed by atoms with Crippen molar-refractivity contribution in [1.29, 1.82) is 0 Å². The highest BCUT2D eigenvalue weighted by atomic mass is 19.1. The van der Waals surface area contributed by atoms with Crippen molar-refractivity contribution < 1.29 is 56.6 Å². The molecule has 0 radical (unpaired) electrons. The second-order valence-electron chi connectivity index (χ2n) is 25.6. The summed E-state index contributed by atoms with van der Waals surface area (Å²) in [5.41, 5.74) is -0.299. The number of halogens is 2. The number of ether oxygens (including phenoxy) is 2. The van der Waals surface area contributed by atoms with E-state index < -0.39 is 105 Å². The van der Waals surface area contributed by atoms with Crippen LogP contribution < -0.4 is 52.8 Å². The van der Waals surface area contributed by atoms with E-state index in [-0.39, 0.29) is 88.7 Å². The summed E-state index contributed by atoms with van der Waals surface area (Å²) in [4.78, 5) is 145. The van der Waals surface area contributed by atoms with Crippen LogP contribution in [0.4, 0.5) is 29.7 Å². The lowest BCUT2D eigenvalue weighted by Gasteiger charge is -2.28. The summed E-state index contributed by atoms with van der Waals surface area (Å²) in [5, 5.41) is 15.9. The summed E-state index contributed by atoms with van der Waals surface area (Å²) < 4.78 is 38.2. The minimum atomic E-state index is -1.30. The molecule has 6 rings (SSSR count). The Balaban J connectivity index is 1.10. The van der Waals surface area contributed by atoms with Gasteiger partial charge in [-0.3, -0.25) is 38.4 Å². The van der Waals surface area contributed by atoms with E-state index in [9.17, 15) is 56.7 Å². The third-order valence-electron chi connectivity index (χ3n) is 14.8. The molecular weight excluding hydrogens is 1160 g/mol. The van der Waals surface area contributed by atoms with Crippen LogP contribution >= 0.6 is 0 Å². The van der Waals surface area contributed by atoms with Crippen LogP contribution in [0.3, 0.4) is 0 Å². The Labute approximate surface area is 522 Å². The number of fused-ring (bicyclic) bond motifs is 2. The highest BCUT2D eigenvalue weighted by molar-refractivity contribution is 6.03. The number of benzene rings is 2. The van der Waals surface area contributed by atoms with Gasteiger partial charge in [0.25, 0.3) is 11.1 Å². The van der Waals surface area contributed by atoms with Gasteiger partial charge in [-0.2, -0.15) is 0 Å². The SMILES string of the molecule is CC[C@H](NC(=O)OC(C)(C)C)C(=O)N[C@@H](CCC(=O)NCC#CC#CCNC(=O)CC[C@H](NC(=O)[C@H](CC)NC(=O)OC(C)(C)C)C(=O)N1CC(C)(C)c2[nH]c(=O)c(Cc3ccc(F)cc3)cc21)C(=O)N1CC(C)(C)c2[nH]c(=O)c(Cc3ccc(F)cc3)cc21. The number of anilines is 2. The Morgan fingerprint density at radius 1 is 0.556 bits per heavy atom. The largest absolute Gasteiger partial charge is 0.444 e. The van der Waals surface area contributed by atoms with Gasteiger partial charge in [0.2, 0.25) is 35.4 Å². The van der Waals surface area contributed by atoms with Crippen LogP contribution in [0.25, 0.3) is 0 Å². The Morgan fingerprint density at radius 3 is 1.22 bits per heavy atom.